The zero-order valence-electron chi connectivity index (χ0n) is 16.2. The number of hydrogen-bond acceptors (Lipinski definition) is 3. The first-order valence-corrected chi connectivity index (χ1v) is 9.07. The topological polar surface area (TPSA) is 45.1 Å². The number of rotatable bonds is 6. The number of hydrogen-bond donors (Lipinski definition) is 1. The van der Waals surface area contributed by atoms with E-state index in [0.717, 1.165) is 13.0 Å². The van der Waals surface area contributed by atoms with Gasteiger partial charge in [-0.2, -0.15) is 13.2 Å². The van der Waals surface area contributed by atoms with Gasteiger partial charge in [-0.05, 0) is 56.7 Å². The van der Waals surface area contributed by atoms with Crippen LogP contribution in [-0.2, 0) is 5.60 Å². The molecule has 1 aromatic rings. The Balaban J connectivity index is 2.61. The molecule has 2 rings (SSSR count). The van der Waals surface area contributed by atoms with Gasteiger partial charge in [-0.1, -0.05) is 6.08 Å². The minimum Gasteiger partial charge on any atom is -0.496 e. The highest BCUT2D eigenvalue weighted by Crippen LogP contribution is 2.50. The van der Waals surface area contributed by atoms with Crippen molar-refractivity contribution < 1.29 is 23.0 Å². The van der Waals surface area contributed by atoms with Gasteiger partial charge in [0, 0.05) is 25.2 Å². The van der Waals surface area contributed by atoms with Crippen LogP contribution in [0.1, 0.15) is 43.7 Å². The lowest BCUT2D eigenvalue weighted by molar-refractivity contribution is -0.251. The van der Waals surface area contributed by atoms with Crippen LogP contribution in [0.4, 0.5) is 18.9 Å². The Morgan fingerprint density at radius 2 is 2.00 bits per heavy atom. The molecule has 0 spiro atoms. The van der Waals surface area contributed by atoms with Crippen LogP contribution in [0.3, 0.4) is 0 Å². The van der Waals surface area contributed by atoms with E-state index in [2.05, 4.69) is 4.99 Å². The summed E-state index contributed by atoms with van der Waals surface area (Å²) in [7, 11) is 3.15. The van der Waals surface area contributed by atoms with Gasteiger partial charge in [0.1, 0.15) is 5.75 Å². The van der Waals surface area contributed by atoms with Crippen molar-refractivity contribution in [2.75, 3.05) is 20.7 Å². The molecular formula is C20H27F3N2O2. The summed E-state index contributed by atoms with van der Waals surface area (Å²) in [6.45, 7) is 4.39. The lowest BCUT2D eigenvalue weighted by Crippen LogP contribution is -2.44. The number of ether oxygens (including phenoxy) is 1. The van der Waals surface area contributed by atoms with Gasteiger partial charge in [0.25, 0.3) is 0 Å². The first kappa shape index (κ1) is 21.3. The van der Waals surface area contributed by atoms with Crippen molar-refractivity contribution in [3.8, 4) is 5.75 Å². The normalized spacial score (nSPS) is 17.6. The third-order valence-electron chi connectivity index (χ3n) is 4.97. The lowest BCUT2D eigenvalue weighted by Gasteiger charge is -2.36. The number of aliphatic imine (C=N–C) groups is 1. The van der Waals surface area contributed by atoms with Crippen molar-refractivity contribution >= 4 is 12.0 Å². The average molecular weight is 384 g/mol. The second kappa shape index (κ2) is 8.33. The molecule has 0 saturated heterocycles. The van der Waals surface area contributed by atoms with Gasteiger partial charge >= 0.3 is 6.18 Å². The maximum Gasteiger partial charge on any atom is 0.425 e. The lowest BCUT2D eigenvalue weighted by atomic mass is 9.79. The number of nitrogens with zero attached hydrogens (tertiary/aromatic N) is 2. The summed E-state index contributed by atoms with van der Waals surface area (Å²) in [5.41, 5.74) is -2.33. The molecule has 0 aromatic heterocycles. The van der Waals surface area contributed by atoms with Crippen molar-refractivity contribution in [2.45, 2.75) is 51.3 Å². The largest absolute Gasteiger partial charge is 0.496 e. The van der Waals surface area contributed by atoms with Crippen LogP contribution < -0.4 is 4.74 Å². The second-order valence-corrected chi connectivity index (χ2v) is 6.84. The van der Waals surface area contributed by atoms with E-state index >= 15 is 0 Å². The van der Waals surface area contributed by atoms with Gasteiger partial charge in [-0.25, -0.2) is 4.99 Å². The molecule has 0 radical (unpaired) electrons. The number of allylic oxidation sites excluding steroid dienone is 1. The van der Waals surface area contributed by atoms with E-state index < -0.39 is 11.8 Å². The molecule has 1 aliphatic rings. The number of aryl methyl sites for hydroxylation is 1. The highest BCUT2D eigenvalue weighted by Gasteiger charge is 2.58. The molecule has 0 heterocycles. The summed E-state index contributed by atoms with van der Waals surface area (Å²) in [4.78, 5) is 6.17. The molecule has 0 fully saturated rings. The highest BCUT2D eigenvalue weighted by molar-refractivity contribution is 5.66. The maximum absolute atomic E-state index is 14.0. The molecule has 0 saturated carbocycles. The summed E-state index contributed by atoms with van der Waals surface area (Å²) < 4.78 is 47.4. The third kappa shape index (κ3) is 4.29. The maximum atomic E-state index is 14.0. The van der Waals surface area contributed by atoms with Crippen molar-refractivity contribution in [3.05, 3.63) is 34.9 Å². The van der Waals surface area contributed by atoms with Crippen molar-refractivity contribution in [2.24, 2.45) is 4.99 Å². The standard InChI is InChI=1S/C20H27F3N2O2/c1-5-25(3)13-24-17-12-18(27-4)16(11-14(17)2)19(26,20(21,22)23)15-9-7-6-8-10-15/h9,11-13,26H,5-8,10H2,1-4H3/b24-13+. The second-order valence-electron chi connectivity index (χ2n) is 6.84. The van der Waals surface area contributed by atoms with Gasteiger partial charge in [-0.3, -0.25) is 0 Å². The van der Waals surface area contributed by atoms with E-state index in [4.69, 9.17) is 4.74 Å². The number of alkyl halides is 3. The molecule has 0 bridgehead atoms. The van der Waals surface area contributed by atoms with Crippen LogP contribution in [0.25, 0.3) is 0 Å². The molecule has 1 atom stereocenters. The van der Waals surface area contributed by atoms with E-state index in [1.807, 2.05) is 18.9 Å². The van der Waals surface area contributed by atoms with Crippen LogP contribution in [0.15, 0.2) is 28.8 Å². The Morgan fingerprint density at radius 1 is 1.30 bits per heavy atom. The van der Waals surface area contributed by atoms with E-state index in [0.29, 0.717) is 24.1 Å². The molecule has 1 N–H and O–H groups in total. The molecule has 4 nitrogen and oxygen atoms in total. The Hall–Kier alpha value is -2.02. The number of halogens is 3. The molecule has 1 unspecified atom stereocenters. The molecule has 0 aliphatic heterocycles. The molecule has 27 heavy (non-hydrogen) atoms. The molecule has 7 heteroatoms. The molecule has 0 amide bonds. The number of benzene rings is 1. The van der Waals surface area contributed by atoms with Gasteiger partial charge in [0.15, 0.2) is 0 Å². The van der Waals surface area contributed by atoms with Crippen molar-refractivity contribution in [1.82, 2.24) is 4.90 Å². The first-order valence-electron chi connectivity index (χ1n) is 9.07. The zero-order valence-corrected chi connectivity index (χ0v) is 16.2. The quantitative estimate of drug-likeness (QED) is 0.433. The SMILES string of the molecule is CCN(C)/C=N/c1cc(OC)c(C(O)(C2=CCCCC2)C(F)(F)F)cc1C. The molecule has 1 aromatic carbocycles. The average Bonchev–Trinajstić information content (AvgIpc) is 2.65. The summed E-state index contributed by atoms with van der Waals surface area (Å²) in [5.74, 6) is -0.0294. The summed E-state index contributed by atoms with van der Waals surface area (Å²) in [5, 5.41) is 10.9. The Kier molecular flexibility index (Phi) is 6.57. The van der Waals surface area contributed by atoms with Crippen LogP contribution >= 0.6 is 0 Å². The number of methoxy groups -OCH3 is 1. The molecule has 150 valence electrons. The van der Waals surface area contributed by atoms with E-state index in [1.165, 1.54) is 25.3 Å². The monoisotopic (exact) mass is 384 g/mol. The fraction of sp³-hybridized carbons (Fsp3) is 0.550. The Morgan fingerprint density at radius 3 is 2.52 bits per heavy atom. The van der Waals surface area contributed by atoms with Crippen LogP contribution in [0.2, 0.25) is 0 Å². The summed E-state index contributed by atoms with van der Waals surface area (Å²) >= 11 is 0. The number of aliphatic hydroxyl groups is 1. The summed E-state index contributed by atoms with van der Waals surface area (Å²) in [6.07, 6.45) is 0.446. The van der Waals surface area contributed by atoms with Crippen molar-refractivity contribution in [3.63, 3.8) is 0 Å². The van der Waals surface area contributed by atoms with Crippen LogP contribution in [-0.4, -0.2) is 43.2 Å². The highest BCUT2D eigenvalue weighted by atomic mass is 19.4. The van der Waals surface area contributed by atoms with Crippen LogP contribution in [0.5, 0.6) is 5.75 Å². The Bertz CT molecular complexity index is 729. The third-order valence-corrected chi connectivity index (χ3v) is 4.97. The minimum atomic E-state index is -4.86. The predicted molar refractivity (Wildman–Crippen MR) is 101 cm³/mol. The molecule has 1 aliphatic carbocycles. The minimum absolute atomic E-state index is 0.0130. The van der Waals surface area contributed by atoms with E-state index in [9.17, 15) is 18.3 Å². The van der Waals surface area contributed by atoms with Gasteiger partial charge < -0.3 is 14.7 Å². The van der Waals surface area contributed by atoms with Crippen LogP contribution in [0, 0.1) is 6.92 Å². The first-order chi connectivity index (χ1) is 12.6. The fourth-order valence-corrected chi connectivity index (χ4v) is 3.18. The van der Waals surface area contributed by atoms with E-state index in [-0.39, 0.29) is 23.3 Å². The van der Waals surface area contributed by atoms with Gasteiger partial charge in [0.05, 0.1) is 19.1 Å². The molecular weight excluding hydrogens is 357 g/mol. The van der Waals surface area contributed by atoms with Crippen molar-refractivity contribution in [1.29, 1.82) is 0 Å². The predicted octanol–water partition coefficient (Wildman–Crippen LogP) is 4.87. The zero-order chi connectivity index (χ0) is 20.2. The summed E-state index contributed by atoms with van der Waals surface area (Å²) in [6, 6.07) is 2.78. The fourth-order valence-electron chi connectivity index (χ4n) is 3.18. The Labute approximate surface area is 158 Å². The van der Waals surface area contributed by atoms with Gasteiger partial charge in [0.2, 0.25) is 5.60 Å². The van der Waals surface area contributed by atoms with Gasteiger partial charge in [-0.15, -0.1) is 0 Å². The van der Waals surface area contributed by atoms with E-state index in [1.54, 1.807) is 13.3 Å². The smallest absolute Gasteiger partial charge is 0.425 e.